The first-order valence-corrected chi connectivity index (χ1v) is 8.62. The van der Waals surface area contributed by atoms with Gasteiger partial charge in [-0.25, -0.2) is 0 Å². The predicted octanol–water partition coefficient (Wildman–Crippen LogP) is 1.52. The van der Waals surface area contributed by atoms with E-state index in [0.717, 1.165) is 35.9 Å². The second-order valence-electron chi connectivity index (χ2n) is 6.94. The fourth-order valence-corrected chi connectivity index (χ4v) is 3.84. The molecule has 128 valence electrons. The molecule has 2 fully saturated rings. The molecular formula is C18H18N4O3. The van der Waals surface area contributed by atoms with E-state index in [-0.39, 0.29) is 11.8 Å². The predicted molar refractivity (Wildman–Crippen MR) is 91.0 cm³/mol. The van der Waals surface area contributed by atoms with E-state index in [1.54, 1.807) is 0 Å². The van der Waals surface area contributed by atoms with Crippen molar-refractivity contribution in [3.05, 3.63) is 30.1 Å². The van der Waals surface area contributed by atoms with Gasteiger partial charge in [-0.05, 0) is 24.6 Å². The number of fused-ring (bicyclic) bond motifs is 3. The third kappa shape index (κ3) is 2.26. The molecule has 2 aromatic heterocycles. The number of piperidine rings is 1. The summed E-state index contributed by atoms with van der Waals surface area (Å²) in [6.45, 7) is 3.08. The van der Waals surface area contributed by atoms with Gasteiger partial charge in [0, 0.05) is 49.1 Å². The quantitative estimate of drug-likeness (QED) is 0.707. The van der Waals surface area contributed by atoms with E-state index in [9.17, 15) is 9.59 Å². The molecule has 2 saturated heterocycles. The molecule has 1 unspecified atom stereocenters. The maximum atomic E-state index is 12.3. The molecule has 2 aliphatic heterocycles. The molecule has 7 nitrogen and oxygen atoms in total. The van der Waals surface area contributed by atoms with E-state index < -0.39 is 5.92 Å². The number of aromatic nitrogens is 2. The molecule has 0 bridgehead atoms. The molecule has 2 aliphatic rings. The summed E-state index contributed by atoms with van der Waals surface area (Å²) in [4.78, 5) is 23.7. The van der Waals surface area contributed by atoms with E-state index in [1.807, 2.05) is 12.1 Å². The lowest BCUT2D eigenvalue weighted by atomic mass is 9.92. The molecule has 1 aromatic carbocycles. The van der Waals surface area contributed by atoms with Gasteiger partial charge in [0.2, 0.25) is 11.8 Å². The van der Waals surface area contributed by atoms with Gasteiger partial charge in [0.15, 0.2) is 5.58 Å². The van der Waals surface area contributed by atoms with E-state index in [1.165, 1.54) is 0 Å². The van der Waals surface area contributed by atoms with Crippen LogP contribution in [0.1, 0.15) is 24.5 Å². The zero-order chi connectivity index (χ0) is 17.0. The van der Waals surface area contributed by atoms with Crippen LogP contribution < -0.4 is 10.6 Å². The monoisotopic (exact) mass is 338 g/mol. The second-order valence-corrected chi connectivity index (χ2v) is 6.94. The molecule has 3 aromatic rings. The van der Waals surface area contributed by atoms with Crippen LogP contribution in [0, 0.1) is 5.92 Å². The van der Waals surface area contributed by atoms with Gasteiger partial charge in [-0.3, -0.25) is 14.9 Å². The summed E-state index contributed by atoms with van der Waals surface area (Å²) < 4.78 is 7.73. The summed E-state index contributed by atoms with van der Waals surface area (Å²) in [7, 11) is 0. The summed E-state index contributed by atoms with van der Waals surface area (Å²) in [6, 6.07) is 6.02. The van der Waals surface area contributed by atoms with Gasteiger partial charge in [0.05, 0.1) is 11.3 Å². The van der Waals surface area contributed by atoms with E-state index in [2.05, 4.69) is 32.6 Å². The van der Waals surface area contributed by atoms with Crippen molar-refractivity contribution < 1.29 is 14.1 Å². The molecule has 0 radical (unpaired) electrons. The topological polar surface area (TPSA) is 89.2 Å². The Bertz CT molecular complexity index is 999. The maximum Gasteiger partial charge on any atom is 0.235 e. The minimum atomic E-state index is -0.441. The van der Waals surface area contributed by atoms with Crippen LogP contribution in [0.25, 0.3) is 21.9 Å². The van der Waals surface area contributed by atoms with Crippen LogP contribution in [0.15, 0.2) is 28.9 Å². The van der Waals surface area contributed by atoms with Crippen LogP contribution in [0.2, 0.25) is 0 Å². The van der Waals surface area contributed by atoms with Crippen molar-refractivity contribution in [2.75, 3.05) is 13.1 Å². The van der Waals surface area contributed by atoms with Crippen LogP contribution in [-0.2, 0) is 16.1 Å². The van der Waals surface area contributed by atoms with Crippen LogP contribution in [0.5, 0.6) is 0 Å². The molecule has 2 N–H and O–H groups in total. The lowest BCUT2D eigenvalue weighted by Crippen LogP contribution is -2.44. The minimum Gasteiger partial charge on any atom is -0.356 e. The SMILES string of the molecule is O=C1CCC(c2noc3ccc4c(ccn4CC4CNC4)c23)C(=O)N1. The fourth-order valence-electron chi connectivity index (χ4n) is 3.84. The van der Waals surface area contributed by atoms with Crippen molar-refractivity contribution in [1.82, 2.24) is 20.4 Å². The summed E-state index contributed by atoms with van der Waals surface area (Å²) in [5, 5.41) is 11.8. The molecule has 25 heavy (non-hydrogen) atoms. The zero-order valence-electron chi connectivity index (χ0n) is 13.6. The number of hydrogen-bond donors (Lipinski definition) is 2. The van der Waals surface area contributed by atoms with Gasteiger partial charge < -0.3 is 14.4 Å². The number of hydrogen-bond acceptors (Lipinski definition) is 5. The molecule has 0 saturated carbocycles. The number of carbonyl (C=O) groups excluding carboxylic acids is 2. The zero-order valence-corrected chi connectivity index (χ0v) is 13.6. The Kier molecular flexibility index (Phi) is 3.18. The van der Waals surface area contributed by atoms with E-state index in [4.69, 9.17) is 4.52 Å². The number of carbonyl (C=O) groups is 2. The molecule has 7 heteroatoms. The van der Waals surface area contributed by atoms with Crippen LogP contribution >= 0.6 is 0 Å². The third-order valence-corrected chi connectivity index (χ3v) is 5.30. The number of imide groups is 1. The highest BCUT2D eigenvalue weighted by molar-refractivity contribution is 6.09. The first kappa shape index (κ1) is 14.7. The first-order chi connectivity index (χ1) is 12.2. The van der Waals surface area contributed by atoms with Crippen LogP contribution in [0.3, 0.4) is 0 Å². The molecule has 2 amide bonds. The highest BCUT2D eigenvalue weighted by Crippen LogP contribution is 2.35. The Morgan fingerprint density at radius 2 is 2.12 bits per heavy atom. The van der Waals surface area contributed by atoms with Crippen molar-refractivity contribution in [3.63, 3.8) is 0 Å². The molecule has 4 heterocycles. The highest BCUT2D eigenvalue weighted by atomic mass is 16.5. The van der Waals surface area contributed by atoms with Crippen LogP contribution in [0.4, 0.5) is 0 Å². The van der Waals surface area contributed by atoms with Crippen molar-refractivity contribution in [2.45, 2.75) is 25.3 Å². The largest absolute Gasteiger partial charge is 0.356 e. The van der Waals surface area contributed by atoms with E-state index >= 15 is 0 Å². The Labute approximate surface area is 143 Å². The van der Waals surface area contributed by atoms with Crippen molar-refractivity contribution in [1.29, 1.82) is 0 Å². The normalized spacial score (nSPS) is 21.7. The molecule has 5 rings (SSSR count). The van der Waals surface area contributed by atoms with Gasteiger partial charge in [-0.15, -0.1) is 0 Å². The van der Waals surface area contributed by atoms with Gasteiger partial charge >= 0.3 is 0 Å². The molecular weight excluding hydrogens is 320 g/mol. The summed E-state index contributed by atoms with van der Waals surface area (Å²) in [5.41, 5.74) is 2.43. The number of amides is 2. The summed E-state index contributed by atoms with van der Waals surface area (Å²) >= 11 is 0. The Morgan fingerprint density at radius 1 is 1.24 bits per heavy atom. The molecule has 0 spiro atoms. The van der Waals surface area contributed by atoms with Crippen LogP contribution in [-0.4, -0.2) is 34.6 Å². The standard InChI is InChI=1S/C18H18N4O3/c23-15-4-1-12(18(24)20-15)17-16-11-5-6-22(9-10-7-19-8-10)13(11)2-3-14(16)25-21-17/h2-3,5-6,10,12,19H,1,4,7-9H2,(H,20,23,24). The number of nitrogens with zero attached hydrogens (tertiary/aromatic N) is 2. The number of nitrogens with one attached hydrogen (secondary N) is 2. The van der Waals surface area contributed by atoms with Gasteiger partial charge in [0.1, 0.15) is 5.69 Å². The minimum absolute atomic E-state index is 0.223. The van der Waals surface area contributed by atoms with Gasteiger partial charge in [-0.1, -0.05) is 5.16 Å². The summed E-state index contributed by atoms with van der Waals surface area (Å²) in [6.07, 6.45) is 2.89. The average molecular weight is 338 g/mol. The number of benzene rings is 1. The Balaban J connectivity index is 1.61. The van der Waals surface area contributed by atoms with E-state index in [0.29, 0.717) is 30.0 Å². The smallest absolute Gasteiger partial charge is 0.235 e. The lowest BCUT2D eigenvalue weighted by Gasteiger charge is -2.27. The summed E-state index contributed by atoms with van der Waals surface area (Å²) in [5.74, 6) is -0.296. The van der Waals surface area contributed by atoms with Gasteiger partial charge in [-0.2, -0.15) is 0 Å². The Hall–Kier alpha value is -2.67. The average Bonchev–Trinajstić information content (AvgIpc) is 3.14. The maximum absolute atomic E-state index is 12.3. The molecule has 0 aliphatic carbocycles. The van der Waals surface area contributed by atoms with Crippen molar-refractivity contribution in [2.24, 2.45) is 5.92 Å². The van der Waals surface area contributed by atoms with Crippen molar-refractivity contribution in [3.8, 4) is 0 Å². The second kappa shape index (κ2) is 5.42. The Morgan fingerprint density at radius 3 is 2.88 bits per heavy atom. The van der Waals surface area contributed by atoms with Crippen molar-refractivity contribution >= 4 is 33.7 Å². The lowest BCUT2D eigenvalue weighted by molar-refractivity contribution is -0.134. The molecule has 1 atom stereocenters. The third-order valence-electron chi connectivity index (χ3n) is 5.30. The number of rotatable bonds is 3. The van der Waals surface area contributed by atoms with Gasteiger partial charge in [0.25, 0.3) is 0 Å². The first-order valence-electron chi connectivity index (χ1n) is 8.62. The fraction of sp³-hybridized carbons (Fsp3) is 0.389. The highest BCUT2D eigenvalue weighted by Gasteiger charge is 2.32.